The minimum absolute atomic E-state index is 0.0690. The Hall–Kier alpha value is -2.96. The van der Waals surface area contributed by atoms with Crippen molar-refractivity contribution in [1.82, 2.24) is 24.3 Å². The largest absolute Gasteiger partial charge is 0.384 e. The Morgan fingerprint density at radius 1 is 1.24 bits per heavy atom. The number of nitrogens with two attached hydrogens (primary N) is 1. The third kappa shape index (κ3) is 2.71. The lowest BCUT2D eigenvalue weighted by atomic mass is 10.1. The van der Waals surface area contributed by atoms with Gasteiger partial charge in [0.15, 0.2) is 0 Å². The van der Waals surface area contributed by atoms with Gasteiger partial charge < -0.3 is 15.0 Å². The molecule has 1 atom stereocenters. The van der Waals surface area contributed by atoms with Gasteiger partial charge in [-0.05, 0) is 38.8 Å². The summed E-state index contributed by atoms with van der Waals surface area (Å²) in [6.07, 6.45) is 3.61. The molecule has 7 heteroatoms. The van der Waals surface area contributed by atoms with Crippen molar-refractivity contribution in [2.45, 2.75) is 32.7 Å². The zero-order valence-corrected chi connectivity index (χ0v) is 14.3. The number of likely N-dealkylation sites (tertiary alicyclic amines) is 1. The minimum Gasteiger partial charge on any atom is -0.384 e. The Morgan fingerprint density at radius 2 is 2.08 bits per heavy atom. The monoisotopic (exact) mass is 336 g/mol. The van der Waals surface area contributed by atoms with E-state index in [1.165, 1.54) is 0 Å². The molecule has 0 aromatic carbocycles. The molecular formula is C18H20N6O. The van der Waals surface area contributed by atoms with Crippen LogP contribution in [-0.2, 0) is 0 Å². The maximum absolute atomic E-state index is 13.1. The quantitative estimate of drug-likeness (QED) is 0.775. The lowest BCUT2D eigenvalue weighted by Crippen LogP contribution is -2.31. The second-order valence-electron chi connectivity index (χ2n) is 6.44. The molecule has 4 heterocycles. The molecule has 7 nitrogen and oxygen atoms in total. The molecule has 0 unspecified atom stereocenters. The highest BCUT2D eigenvalue weighted by Gasteiger charge is 2.33. The van der Waals surface area contributed by atoms with Gasteiger partial charge in [0.1, 0.15) is 23.0 Å². The molecule has 128 valence electrons. The van der Waals surface area contributed by atoms with Crippen LogP contribution in [0.2, 0.25) is 0 Å². The van der Waals surface area contributed by atoms with Crippen molar-refractivity contribution < 1.29 is 4.79 Å². The van der Waals surface area contributed by atoms with Gasteiger partial charge in [0.05, 0.1) is 11.7 Å². The summed E-state index contributed by atoms with van der Waals surface area (Å²) in [6, 6.07) is 7.52. The number of rotatable bonds is 2. The number of hydrogen-bond donors (Lipinski definition) is 1. The number of nitrogens with zero attached hydrogens (tertiary/aromatic N) is 5. The van der Waals surface area contributed by atoms with Gasteiger partial charge in [0, 0.05) is 24.5 Å². The number of aromatic nitrogens is 4. The average molecular weight is 336 g/mol. The lowest BCUT2D eigenvalue weighted by Gasteiger charge is -2.23. The molecule has 1 amide bonds. The smallest absolute Gasteiger partial charge is 0.274 e. The molecule has 0 bridgehead atoms. The molecule has 25 heavy (non-hydrogen) atoms. The van der Waals surface area contributed by atoms with E-state index in [0.29, 0.717) is 23.9 Å². The third-order valence-corrected chi connectivity index (χ3v) is 4.65. The minimum atomic E-state index is -0.0811. The summed E-state index contributed by atoms with van der Waals surface area (Å²) in [5.74, 6) is 0.989. The summed E-state index contributed by atoms with van der Waals surface area (Å²) in [5.41, 5.74) is 8.94. The Balaban J connectivity index is 1.69. The topological polar surface area (TPSA) is 89.4 Å². The lowest BCUT2D eigenvalue weighted by molar-refractivity contribution is 0.0727. The first-order chi connectivity index (χ1) is 12.0. The second kappa shape index (κ2) is 5.84. The third-order valence-electron chi connectivity index (χ3n) is 4.65. The number of pyridine rings is 1. The summed E-state index contributed by atoms with van der Waals surface area (Å²) < 4.78 is 1.94. The fourth-order valence-electron chi connectivity index (χ4n) is 3.50. The van der Waals surface area contributed by atoms with Crippen molar-refractivity contribution in [3.05, 3.63) is 53.4 Å². The van der Waals surface area contributed by atoms with Crippen molar-refractivity contribution in [2.75, 3.05) is 12.3 Å². The van der Waals surface area contributed by atoms with Crippen molar-refractivity contribution in [2.24, 2.45) is 0 Å². The van der Waals surface area contributed by atoms with Gasteiger partial charge in [-0.2, -0.15) is 0 Å². The van der Waals surface area contributed by atoms with Crippen molar-refractivity contribution in [3.8, 4) is 0 Å². The molecule has 0 aliphatic carbocycles. The number of aryl methyl sites for hydroxylation is 2. The molecule has 2 N–H and O–H groups in total. The first kappa shape index (κ1) is 15.6. The summed E-state index contributed by atoms with van der Waals surface area (Å²) >= 11 is 0. The Morgan fingerprint density at radius 3 is 2.84 bits per heavy atom. The molecule has 1 aliphatic heterocycles. The maximum atomic E-state index is 13.1. The van der Waals surface area contributed by atoms with E-state index in [-0.39, 0.29) is 11.9 Å². The summed E-state index contributed by atoms with van der Waals surface area (Å²) in [4.78, 5) is 28.0. The van der Waals surface area contributed by atoms with E-state index in [1.807, 2.05) is 47.5 Å². The molecular weight excluding hydrogens is 316 g/mol. The van der Waals surface area contributed by atoms with E-state index in [1.54, 1.807) is 6.07 Å². The van der Waals surface area contributed by atoms with E-state index in [9.17, 15) is 4.79 Å². The van der Waals surface area contributed by atoms with Crippen LogP contribution in [0.3, 0.4) is 0 Å². The van der Waals surface area contributed by atoms with Crippen molar-refractivity contribution in [1.29, 1.82) is 0 Å². The first-order valence-electron chi connectivity index (χ1n) is 8.39. The summed E-state index contributed by atoms with van der Waals surface area (Å²) in [6.45, 7) is 4.50. The van der Waals surface area contributed by atoms with Gasteiger partial charge in [-0.3, -0.25) is 4.79 Å². The van der Waals surface area contributed by atoms with Crippen LogP contribution < -0.4 is 5.73 Å². The van der Waals surface area contributed by atoms with Crippen molar-refractivity contribution >= 4 is 17.4 Å². The number of fused-ring (bicyclic) bond motifs is 1. The highest BCUT2D eigenvalue weighted by molar-refractivity contribution is 5.93. The zero-order valence-electron chi connectivity index (χ0n) is 14.3. The van der Waals surface area contributed by atoms with Gasteiger partial charge in [-0.1, -0.05) is 6.07 Å². The highest BCUT2D eigenvalue weighted by atomic mass is 16.2. The van der Waals surface area contributed by atoms with E-state index in [0.717, 1.165) is 29.9 Å². The maximum Gasteiger partial charge on any atom is 0.274 e. The fourth-order valence-corrected chi connectivity index (χ4v) is 3.50. The van der Waals surface area contributed by atoms with Crippen molar-refractivity contribution in [3.63, 3.8) is 0 Å². The van der Waals surface area contributed by atoms with Crippen LogP contribution >= 0.6 is 0 Å². The van der Waals surface area contributed by atoms with E-state index < -0.39 is 0 Å². The molecule has 4 rings (SSSR count). The number of anilines is 1. The normalized spacial score (nSPS) is 17.4. The predicted molar refractivity (Wildman–Crippen MR) is 94.1 cm³/mol. The molecule has 3 aromatic rings. The standard InChI is InChI=1S/C18H20N6O/c1-11-5-3-7-17-22-14(10-24(11)17)18(25)23-8-4-6-15(23)13-9-16(19)21-12(2)20-13/h3,5,7,9-10,15H,4,6,8H2,1-2H3,(H2,19,20,21)/t15-/m0/s1. The molecule has 1 fully saturated rings. The average Bonchev–Trinajstić information content (AvgIpc) is 3.21. The van der Waals surface area contributed by atoms with Crippen LogP contribution in [0.25, 0.3) is 5.65 Å². The van der Waals surface area contributed by atoms with Crippen LogP contribution in [0.4, 0.5) is 5.82 Å². The number of carbonyl (C=O) groups is 1. The van der Waals surface area contributed by atoms with Crippen LogP contribution in [0.5, 0.6) is 0 Å². The Kier molecular flexibility index (Phi) is 3.63. The second-order valence-corrected chi connectivity index (χ2v) is 6.44. The molecule has 0 radical (unpaired) electrons. The van der Waals surface area contributed by atoms with Gasteiger partial charge in [0.2, 0.25) is 0 Å². The Labute approximate surface area is 145 Å². The SMILES string of the molecule is Cc1nc(N)cc([C@@H]2CCCN2C(=O)c2cn3c(C)cccc3n2)n1. The van der Waals surface area contributed by atoms with E-state index in [2.05, 4.69) is 15.0 Å². The van der Waals surface area contributed by atoms with E-state index in [4.69, 9.17) is 5.73 Å². The van der Waals surface area contributed by atoms with Gasteiger partial charge in [0.25, 0.3) is 5.91 Å². The van der Waals surface area contributed by atoms with Gasteiger partial charge in [-0.15, -0.1) is 0 Å². The highest BCUT2D eigenvalue weighted by Crippen LogP contribution is 2.32. The van der Waals surface area contributed by atoms with Crippen LogP contribution in [0.15, 0.2) is 30.5 Å². The molecule has 0 spiro atoms. The molecule has 0 saturated carbocycles. The molecule has 3 aromatic heterocycles. The van der Waals surface area contributed by atoms with Gasteiger partial charge in [-0.25, -0.2) is 15.0 Å². The summed E-state index contributed by atoms with van der Waals surface area (Å²) in [7, 11) is 0. The zero-order chi connectivity index (χ0) is 17.6. The van der Waals surface area contributed by atoms with E-state index >= 15 is 0 Å². The number of imidazole rings is 1. The fraction of sp³-hybridized carbons (Fsp3) is 0.333. The Bertz CT molecular complexity index is 943. The number of amides is 1. The molecule has 1 aliphatic rings. The number of hydrogen-bond acceptors (Lipinski definition) is 5. The van der Waals surface area contributed by atoms with Gasteiger partial charge >= 0.3 is 0 Å². The first-order valence-corrected chi connectivity index (χ1v) is 8.39. The number of nitrogen functional groups attached to an aromatic ring is 1. The predicted octanol–water partition coefficient (Wildman–Crippen LogP) is 2.30. The number of carbonyl (C=O) groups excluding carboxylic acids is 1. The van der Waals surface area contributed by atoms with Crippen LogP contribution in [0, 0.1) is 13.8 Å². The van der Waals surface area contributed by atoms with Crippen LogP contribution in [-0.4, -0.2) is 36.7 Å². The molecule has 1 saturated heterocycles. The van der Waals surface area contributed by atoms with Crippen LogP contribution in [0.1, 0.15) is 46.6 Å². The summed E-state index contributed by atoms with van der Waals surface area (Å²) in [5, 5.41) is 0.